The SMILES string of the molecule is Cc1cc(NC(=O)c2ccc(C)c([N+](=O)[O-])c2)n(-c2nc(-c3ccc4c(c3)OCO4)cs2)n1. The van der Waals surface area contributed by atoms with E-state index in [-0.39, 0.29) is 18.0 Å². The summed E-state index contributed by atoms with van der Waals surface area (Å²) in [5.74, 6) is 1.29. The number of carbonyl (C=O) groups is 1. The summed E-state index contributed by atoms with van der Waals surface area (Å²) in [6, 6.07) is 11.7. The van der Waals surface area contributed by atoms with Crippen molar-refractivity contribution < 1.29 is 19.2 Å². The van der Waals surface area contributed by atoms with Gasteiger partial charge in [-0.05, 0) is 38.1 Å². The van der Waals surface area contributed by atoms with Crippen LogP contribution in [-0.2, 0) is 0 Å². The normalized spacial score (nSPS) is 12.1. The minimum absolute atomic E-state index is 0.111. The highest BCUT2D eigenvalue weighted by atomic mass is 32.1. The molecule has 2 aromatic heterocycles. The molecule has 33 heavy (non-hydrogen) atoms. The van der Waals surface area contributed by atoms with Gasteiger partial charge in [0.1, 0.15) is 5.82 Å². The maximum absolute atomic E-state index is 12.8. The zero-order chi connectivity index (χ0) is 23.1. The van der Waals surface area contributed by atoms with E-state index >= 15 is 0 Å². The molecule has 0 atom stereocenters. The molecule has 1 aliphatic rings. The predicted octanol–water partition coefficient (Wildman–Crippen LogP) is 4.50. The fourth-order valence-corrected chi connectivity index (χ4v) is 4.22. The fourth-order valence-electron chi connectivity index (χ4n) is 3.42. The highest BCUT2D eigenvalue weighted by Gasteiger charge is 2.19. The molecule has 11 heteroatoms. The number of thiazole rings is 1. The molecule has 10 nitrogen and oxygen atoms in total. The van der Waals surface area contributed by atoms with Gasteiger partial charge in [0.25, 0.3) is 11.6 Å². The van der Waals surface area contributed by atoms with Gasteiger partial charge in [0.2, 0.25) is 11.9 Å². The number of benzene rings is 2. The van der Waals surface area contributed by atoms with Crippen molar-refractivity contribution in [3.05, 3.63) is 74.8 Å². The van der Waals surface area contributed by atoms with E-state index in [9.17, 15) is 14.9 Å². The average molecular weight is 463 g/mol. The van der Waals surface area contributed by atoms with Crippen LogP contribution in [0.5, 0.6) is 11.5 Å². The first-order valence-electron chi connectivity index (χ1n) is 9.88. The molecule has 0 spiro atoms. The number of nitro groups is 1. The van der Waals surface area contributed by atoms with Crippen LogP contribution in [0.1, 0.15) is 21.6 Å². The number of nitro benzene ring substituents is 1. The standard InChI is InChI=1S/C22H17N5O5S/c1-12-3-4-15(8-17(12)27(29)30)21(28)24-20-7-13(2)25-26(20)22-23-16(10-33-22)14-5-6-18-19(9-14)32-11-31-18/h3-10H,11H2,1-2H3,(H,24,28). The van der Waals surface area contributed by atoms with Crippen molar-refractivity contribution in [3.8, 4) is 27.9 Å². The van der Waals surface area contributed by atoms with Crippen LogP contribution in [0.25, 0.3) is 16.4 Å². The number of carbonyl (C=O) groups excluding carboxylic acids is 1. The lowest BCUT2D eigenvalue weighted by molar-refractivity contribution is -0.385. The molecule has 0 aliphatic carbocycles. The molecule has 166 valence electrons. The molecule has 0 saturated heterocycles. The quantitative estimate of drug-likeness (QED) is 0.341. The van der Waals surface area contributed by atoms with Gasteiger partial charge in [-0.15, -0.1) is 11.3 Å². The lowest BCUT2D eigenvalue weighted by Crippen LogP contribution is -2.15. The average Bonchev–Trinajstić information content (AvgIpc) is 3.52. The van der Waals surface area contributed by atoms with E-state index in [0.717, 1.165) is 11.3 Å². The van der Waals surface area contributed by atoms with Crippen LogP contribution < -0.4 is 14.8 Å². The third kappa shape index (κ3) is 3.89. The number of aryl methyl sites for hydroxylation is 2. The Morgan fingerprint density at radius 3 is 2.79 bits per heavy atom. The van der Waals surface area contributed by atoms with Crippen LogP contribution in [-0.4, -0.2) is 32.4 Å². The van der Waals surface area contributed by atoms with E-state index in [4.69, 9.17) is 9.47 Å². The molecule has 4 aromatic rings. The number of rotatable bonds is 5. The van der Waals surface area contributed by atoms with E-state index in [1.165, 1.54) is 22.1 Å². The van der Waals surface area contributed by atoms with E-state index in [2.05, 4.69) is 15.4 Å². The van der Waals surface area contributed by atoms with E-state index in [0.29, 0.717) is 33.7 Å². The number of nitrogens with zero attached hydrogens (tertiary/aromatic N) is 4. The minimum Gasteiger partial charge on any atom is -0.454 e. The van der Waals surface area contributed by atoms with Crippen molar-refractivity contribution in [2.24, 2.45) is 0 Å². The molecule has 2 aromatic carbocycles. The second kappa shape index (κ2) is 8.02. The minimum atomic E-state index is -0.506. The van der Waals surface area contributed by atoms with Crippen LogP contribution in [0.2, 0.25) is 0 Å². The van der Waals surface area contributed by atoms with Gasteiger partial charge < -0.3 is 14.8 Å². The molecule has 0 radical (unpaired) electrons. The van der Waals surface area contributed by atoms with Gasteiger partial charge in [0, 0.05) is 34.2 Å². The molecule has 3 heterocycles. The molecule has 5 rings (SSSR count). The molecular formula is C22H17N5O5S. The Morgan fingerprint density at radius 2 is 1.97 bits per heavy atom. The van der Waals surface area contributed by atoms with E-state index < -0.39 is 10.8 Å². The number of nitrogens with one attached hydrogen (secondary N) is 1. The monoisotopic (exact) mass is 463 g/mol. The van der Waals surface area contributed by atoms with Crippen LogP contribution >= 0.6 is 11.3 Å². The lowest BCUT2D eigenvalue weighted by Gasteiger charge is -2.07. The number of hydrogen-bond acceptors (Lipinski definition) is 8. The fraction of sp³-hybridized carbons (Fsp3) is 0.136. The summed E-state index contributed by atoms with van der Waals surface area (Å²) in [6.07, 6.45) is 0. The number of anilines is 1. The van der Waals surface area contributed by atoms with Crippen molar-refractivity contribution in [2.45, 2.75) is 13.8 Å². The van der Waals surface area contributed by atoms with Crippen molar-refractivity contribution >= 4 is 28.7 Å². The number of fused-ring (bicyclic) bond motifs is 1. The first-order valence-corrected chi connectivity index (χ1v) is 10.8. The molecule has 1 aliphatic heterocycles. The first-order chi connectivity index (χ1) is 15.9. The summed E-state index contributed by atoms with van der Waals surface area (Å²) < 4.78 is 12.3. The van der Waals surface area contributed by atoms with Gasteiger partial charge in [-0.1, -0.05) is 6.07 Å². The van der Waals surface area contributed by atoms with Crippen LogP contribution in [0.3, 0.4) is 0 Å². The third-order valence-electron chi connectivity index (χ3n) is 5.08. The van der Waals surface area contributed by atoms with Crippen LogP contribution in [0.4, 0.5) is 11.5 Å². The molecular weight excluding hydrogens is 446 g/mol. The van der Waals surface area contributed by atoms with Gasteiger partial charge in [0.05, 0.1) is 16.3 Å². The van der Waals surface area contributed by atoms with Crippen molar-refractivity contribution in [3.63, 3.8) is 0 Å². The topological polar surface area (TPSA) is 121 Å². The second-order valence-corrected chi connectivity index (χ2v) is 8.22. The van der Waals surface area contributed by atoms with Crippen LogP contribution in [0, 0.1) is 24.0 Å². The van der Waals surface area contributed by atoms with E-state index in [1.807, 2.05) is 23.6 Å². The number of ether oxygens (including phenoxy) is 2. The highest BCUT2D eigenvalue weighted by Crippen LogP contribution is 2.36. The predicted molar refractivity (Wildman–Crippen MR) is 121 cm³/mol. The Balaban J connectivity index is 1.43. The first kappa shape index (κ1) is 20.6. The van der Waals surface area contributed by atoms with Crippen molar-refractivity contribution in [2.75, 3.05) is 12.1 Å². The summed E-state index contributed by atoms with van der Waals surface area (Å²) >= 11 is 1.37. The maximum atomic E-state index is 12.8. The number of amides is 1. The van der Waals surface area contributed by atoms with Crippen molar-refractivity contribution in [1.82, 2.24) is 14.8 Å². The summed E-state index contributed by atoms with van der Waals surface area (Å²) in [4.78, 5) is 28.2. The second-order valence-electron chi connectivity index (χ2n) is 7.38. The van der Waals surface area contributed by atoms with Gasteiger partial charge in [-0.2, -0.15) is 9.78 Å². The molecule has 0 saturated carbocycles. The largest absolute Gasteiger partial charge is 0.454 e. The van der Waals surface area contributed by atoms with Gasteiger partial charge in [0.15, 0.2) is 11.5 Å². The Bertz CT molecular complexity index is 1410. The Kier molecular flexibility index (Phi) is 5.02. The summed E-state index contributed by atoms with van der Waals surface area (Å²) in [5, 5.41) is 20.9. The molecule has 1 N–H and O–H groups in total. The Labute approximate surface area is 191 Å². The Hall–Kier alpha value is -4.25. The smallest absolute Gasteiger partial charge is 0.273 e. The summed E-state index contributed by atoms with van der Waals surface area (Å²) in [7, 11) is 0. The van der Waals surface area contributed by atoms with Gasteiger partial charge in [-0.3, -0.25) is 14.9 Å². The van der Waals surface area contributed by atoms with Gasteiger partial charge in [-0.25, -0.2) is 4.98 Å². The van der Waals surface area contributed by atoms with Gasteiger partial charge >= 0.3 is 0 Å². The Morgan fingerprint density at radius 1 is 1.15 bits per heavy atom. The summed E-state index contributed by atoms with van der Waals surface area (Å²) in [6.45, 7) is 3.62. The van der Waals surface area contributed by atoms with E-state index in [1.54, 1.807) is 32.0 Å². The van der Waals surface area contributed by atoms with Crippen molar-refractivity contribution in [1.29, 1.82) is 0 Å². The zero-order valence-electron chi connectivity index (χ0n) is 17.6. The maximum Gasteiger partial charge on any atom is 0.273 e. The molecule has 0 fully saturated rings. The van der Waals surface area contributed by atoms with Crippen LogP contribution in [0.15, 0.2) is 47.8 Å². The third-order valence-corrected chi connectivity index (χ3v) is 5.90. The molecule has 1 amide bonds. The molecule has 0 unspecified atom stereocenters. The number of aromatic nitrogens is 3. The number of hydrogen-bond donors (Lipinski definition) is 1. The lowest BCUT2D eigenvalue weighted by atomic mass is 10.1. The zero-order valence-corrected chi connectivity index (χ0v) is 18.4. The molecule has 0 bridgehead atoms. The summed E-state index contributed by atoms with van der Waals surface area (Å²) in [5.41, 5.74) is 2.82. The highest BCUT2D eigenvalue weighted by molar-refractivity contribution is 7.12.